The number of hydrogen-bond acceptors (Lipinski definition) is 2. The van der Waals surface area contributed by atoms with Gasteiger partial charge in [-0.05, 0) is 30.4 Å². The summed E-state index contributed by atoms with van der Waals surface area (Å²) < 4.78 is 0. The fraction of sp³-hybridized carbons (Fsp3) is 0.200. The van der Waals surface area contributed by atoms with E-state index in [0.717, 1.165) is 0 Å². The molecule has 0 radical (unpaired) electrons. The lowest BCUT2D eigenvalue weighted by Gasteiger charge is -2.13. The highest BCUT2D eigenvalue weighted by Gasteiger charge is 2.13. The smallest absolute Gasteiger partial charge is 0.254 e. The Bertz CT molecular complexity index is 434. The van der Waals surface area contributed by atoms with Crippen LogP contribution in [-0.4, -0.2) is 30.0 Å². The zero-order valence-corrected chi connectivity index (χ0v) is 10.5. The third kappa shape index (κ3) is 3.08. The molecule has 16 heavy (non-hydrogen) atoms. The summed E-state index contributed by atoms with van der Waals surface area (Å²) in [6.07, 6.45) is 0. The summed E-state index contributed by atoms with van der Waals surface area (Å²) in [7, 11) is 3.32. The molecule has 0 aliphatic rings. The summed E-state index contributed by atoms with van der Waals surface area (Å²) >= 11 is 10.6. The molecule has 0 heterocycles. The molecule has 3 N–H and O–H groups in total. The maximum absolute atomic E-state index is 11.8. The number of carbonyl (C=O) groups is 1. The minimum atomic E-state index is -0.170. The number of benzene rings is 1. The molecule has 86 valence electrons. The predicted octanol–water partition coefficient (Wildman–Crippen LogP) is 1.70. The maximum Gasteiger partial charge on any atom is 0.254 e. The first-order valence-electron chi connectivity index (χ1n) is 4.49. The van der Waals surface area contributed by atoms with E-state index in [2.05, 4.69) is 5.32 Å². The molecule has 0 unspecified atom stereocenters. The standard InChI is InChI=1S/C10H12ClN3OS/c1-14(2)9(15)7-5-6(13-10(12)16)3-4-8(7)11/h3-5H,1-2H3,(H3,12,13,16). The van der Waals surface area contributed by atoms with Crippen molar-refractivity contribution < 1.29 is 4.79 Å². The monoisotopic (exact) mass is 257 g/mol. The lowest BCUT2D eigenvalue weighted by molar-refractivity contribution is 0.0828. The lowest BCUT2D eigenvalue weighted by Crippen LogP contribution is -2.23. The van der Waals surface area contributed by atoms with Crippen molar-refractivity contribution in [2.24, 2.45) is 5.73 Å². The Balaban J connectivity index is 3.08. The Morgan fingerprint density at radius 2 is 2.12 bits per heavy atom. The molecule has 0 spiro atoms. The normalized spacial score (nSPS) is 9.69. The number of hydrogen-bond donors (Lipinski definition) is 2. The van der Waals surface area contributed by atoms with Crippen molar-refractivity contribution >= 4 is 40.5 Å². The first kappa shape index (κ1) is 12.7. The van der Waals surface area contributed by atoms with Crippen molar-refractivity contribution in [2.75, 3.05) is 19.4 Å². The molecule has 0 aromatic heterocycles. The van der Waals surface area contributed by atoms with Gasteiger partial charge in [-0.3, -0.25) is 4.79 Å². The van der Waals surface area contributed by atoms with Gasteiger partial charge in [-0.25, -0.2) is 0 Å². The molecule has 0 atom stereocenters. The number of thiocarbonyl (C=S) groups is 1. The first-order valence-corrected chi connectivity index (χ1v) is 5.28. The van der Waals surface area contributed by atoms with Crippen LogP contribution in [0, 0.1) is 0 Å². The van der Waals surface area contributed by atoms with Crippen LogP contribution in [0.4, 0.5) is 5.69 Å². The van der Waals surface area contributed by atoms with Gasteiger partial charge < -0.3 is 16.0 Å². The Morgan fingerprint density at radius 3 is 2.62 bits per heavy atom. The third-order valence-corrected chi connectivity index (χ3v) is 2.30. The van der Waals surface area contributed by atoms with Gasteiger partial charge in [-0.15, -0.1) is 0 Å². The van der Waals surface area contributed by atoms with Crippen LogP contribution in [0.1, 0.15) is 10.4 Å². The summed E-state index contributed by atoms with van der Waals surface area (Å²) in [5.41, 5.74) is 6.39. The average Bonchev–Trinajstić information content (AvgIpc) is 2.19. The quantitative estimate of drug-likeness (QED) is 0.792. The summed E-state index contributed by atoms with van der Waals surface area (Å²) in [6.45, 7) is 0. The maximum atomic E-state index is 11.8. The largest absolute Gasteiger partial charge is 0.376 e. The Hall–Kier alpha value is -1.33. The number of nitrogens with two attached hydrogens (primary N) is 1. The van der Waals surface area contributed by atoms with Crippen molar-refractivity contribution in [3.63, 3.8) is 0 Å². The van der Waals surface area contributed by atoms with E-state index >= 15 is 0 Å². The second-order valence-corrected chi connectivity index (χ2v) is 4.23. The van der Waals surface area contributed by atoms with Crippen LogP contribution in [0.2, 0.25) is 5.02 Å². The van der Waals surface area contributed by atoms with E-state index in [0.29, 0.717) is 16.3 Å². The van der Waals surface area contributed by atoms with Crippen molar-refractivity contribution in [1.29, 1.82) is 0 Å². The number of rotatable bonds is 2. The Labute approximate surface area is 104 Å². The fourth-order valence-corrected chi connectivity index (χ4v) is 1.47. The highest BCUT2D eigenvalue weighted by atomic mass is 35.5. The minimum absolute atomic E-state index is 0.144. The molecular formula is C10H12ClN3OS. The van der Waals surface area contributed by atoms with Crippen molar-refractivity contribution in [2.45, 2.75) is 0 Å². The van der Waals surface area contributed by atoms with E-state index in [9.17, 15) is 4.79 Å². The fourth-order valence-electron chi connectivity index (χ4n) is 1.15. The molecule has 1 amide bonds. The number of anilines is 1. The molecule has 1 aromatic carbocycles. The van der Waals surface area contributed by atoms with Crippen molar-refractivity contribution in [3.05, 3.63) is 28.8 Å². The molecule has 1 rings (SSSR count). The van der Waals surface area contributed by atoms with E-state index in [1.54, 1.807) is 32.3 Å². The van der Waals surface area contributed by atoms with Crippen LogP contribution in [-0.2, 0) is 0 Å². The summed E-state index contributed by atoms with van der Waals surface area (Å²) in [4.78, 5) is 13.2. The van der Waals surface area contributed by atoms with Crippen LogP contribution < -0.4 is 11.1 Å². The second-order valence-electron chi connectivity index (χ2n) is 3.38. The second kappa shape index (κ2) is 5.14. The number of carbonyl (C=O) groups excluding carboxylic acids is 1. The first-order chi connectivity index (χ1) is 7.41. The number of nitrogens with zero attached hydrogens (tertiary/aromatic N) is 1. The van der Waals surface area contributed by atoms with Crippen LogP contribution in [0.3, 0.4) is 0 Å². The van der Waals surface area contributed by atoms with Gasteiger partial charge in [-0.2, -0.15) is 0 Å². The number of nitrogens with one attached hydrogen (secondary N) is 1. The van der Waals surface area contributed by atoms with Gasteiger partial charge in [0.1, 0.15) is 0 Å². The molecule has 4 nitrogen and oxygen atoms in total. The van der Waals surface area contributed by atoms with Gasteiger partial charge in [0.25, 0.3) is 5.91 Å². The average molecular weight is 258 g/mol. The van der Waals surface area contributed by atoms with Crippen LogP contribution in [0.5, 0.6) is 0 Å². The van der Waals surface area contributed by atoms with Crippen molar-refractivity contribution in [1.82, 2.24) is 4.90 Å². The SMILES string of the molecule is CN(C)C(=O)c1cc(NC(N)=S)ccc1Cl. The molecule has 0 fully saturated rings. The number of amides is 1. The highest BCUT2D eigenvalue weighted by molar-refractivity contribution is 7.80. The van der Waals surface area contributed by atoms with E-state index in [4.69, 9.17) is 29.6 Å². The Morgan fingerprint density at radius 1 is 1.50 bits per heavy atom. The van der Waals surface area contributed by atoms with Gasteiger partial charge in [0, 0.05) is 19.8 Å². The molecular weight excluding hydrogens is 246 g/mol. The molecule has 0 saturated carbocycles. The van der Waals surface area contributed by atoms with Gasteiger partial charge in [0.15, 0.2) is 5.11 Å². The van der Waals surface area contributed by atoms with Gasteiger partial charge in [-0.1, -0.05) is 11.6 Å². The van der Waals surface area contributed by atoms with E-state index in [-0.39, 0.29) is 11.0 Å². The number of halogens is 1. The van der Waals surface area contributed by atoms with Gasteiger partial charge in [0.2, 0.25) is 0 Å². The van der Waals surface area contributed by atoms with Crippen LogP contribution in [0.25, 0.3) is 0 Å². The van der Waals surface area contributed by atoms with E-state index in [1.165, 1.54) is 4.90 Å². The van der Waals surface area contributed by atoms with Crippen molar-refractivity contribution in [3.8, 4) is 0 Å². The molecule has 1 aromatic rings. The molecule has 6 heteroatoms. The molecule has 0 bridgehead atoms. The van der Waals surface area contributed by atoms with Gasteiger partial charge in [0.05, 0.1) is 10.6 Å². The zero-order valence-electron chi connectivity index (χ0n) is 8.95. The van der Waals surface area contributed by atoms with E-state index < -0.39 is 0 Å². The summed E-state index contributed by atoms with van der Waals surface area (Å²) in [6, 6.07) is 4.94. The zero-order chi connectivity index (χ0) is 12.3. The van der Waals surface area contributed by atoms with Gasteiger partial charge >= 0.3 is 0 Å². The topological polar surface area (TPSA) is 58.4 Å². The Kier molecular flexibility index (Phi) is 4.09. The molecule has 0 aliphatic carbocycles. The van der Waals surface area contributed by atoms with E-state index in [1.807, 2.05) is 0 Å². The third-order valence-electron chi connectivity index (χ3n) is 1.87. The summed E-state index contributed by atoms with van der Waals surface area (Å²) in [5.74, 6) is -0.170. The predicted molar refractivity (Wildman–Crippen MR) is 69.9 cm³/mol. The molecule has 0 aliphatic heterocycles. The highest BCUT2D eigenvalue weighted by Crippen LogP contribution is 2.21. The lowest BCUT2D eigenvalue weighted by atomic mass is 10.2. The molecule has 0 saturated heterocycles. The van der Waals surface area contributed by atoms with Crippen LogP contribution in [0.15, 0.2) is 18.2 Å². The van der Waals surface area contributed by atoms with Crippen LogP contribution >= 0.6 is 23.8 Å². The minimum Gasteiger partial charge on any atom is -0.376 e. The summed E-state index contributed by atoms with van der Waals surface area (Å²) in [5, 5.41) is 3.29.